The Kier molecular flexibility index (Phi) is 4.23. The Bertz CT molecular complexity index is 375. The summed E-state index contributed by atoms with van der Waals surface area (Å²) in [4.78, 5) is 11.1. The van der Waals surface area contributed by atoms with Gasteiger partial charge in [-0.2, -0.15) is 0 Å². The van der Waals surface area contributed by atoms with Gasteiger partial charge in [0.1, 0.15) is 0 Å². The molecule has 0 bridgehead atoms. The van der Waals surface area contributed by atoms with Gasteiger partial charge in [-0.05, 0) is 45.4 Å². The van der Waals surface area contributed by atoms with Gasteiger partial charge in [-0.15, -0.1) is 0 Å². The largest absolute Gasteiger partial charge is 0.480 e. The lowest BCUT2D eigenvalue weighted by molar-refractivity contribution is -0.139. The number of sulfone groups is 1. The maximum atomic E-state index is 12.3. The molecule has 1 aliphatic carbocycles. The van der Waals surface area contributed by atoms with Crippen LogP contribution in [0.15, 0.2) is 0 Å². The molecule has 0 heterocycles. The first-order valence-corrected chi connectivity index (χ1v) is 7.75. The van der Waals surface area contributed by atoms with Crippen LogP contribution >= 0.6 is 0 Å². The number of hydrogen-bond acceptors (Lipinski definition) is 3. The number of aliphatic carboxylic acids is 1. The second-order valence-electron chi connectivity index (χ2n) is 5.41. The van der Waals surface area contributed by atoms with E-state index in [-0.39, 0.29) is 0 Å². The van der Waals surface area contributed by atoms with Gasteiger partial charge >= 0.3 is 5.97 Å². The van der Waals surface area contributed by atoms with Crippen molar-refractivity contribution in [3.05, 3.63) is 0 Å². The van der Waals surface area contributed by atoms with E-state index in [2.05, 4.69) is 6.92 Å². The number of carboxylic acids is 1. The number of carboxylic acid groups (broad SMARTS) is 1. The zero-order valence-electron chi connectivity index (χ0n) is 10.8. The van der Waals surface area contributed by atoms with Crippen LogP contribution in [0.2, 0.25) is 0 Å². The topological polar surface area (TPSA) is 71.4 Å². The minimum atomic E-state index is -3.59. The van der Waals surface area contributed by atoms with Crippen LogP contribution in [0.1, 0.15) is 52.9 Å². The Morgan fingerprint density at radius 3 is 2.06 bits per heavy atom. The minimum Gasteiger partial charge on any atom is -0.480 e. The van der Waals surface area contributed by atoms with E-state index in [1.807, 2.05) is 0 Å². The van der Waals surface area contributed by atoms with Crippen LogP contribution in [0.25, 0.3) is 0 Å². The Morgan fingerprint density at radius 1 is 1.24 bits per heavy atom. The van der Waals surface area contributed by atoms with Crippen molar-refractivity contribution < 1.29 is 18.3 Å². The highest BCUT2D eigenvalue weighted by Gasteiger charge is 2.47. The molecule has 0 atom stereocenters. The molecule has 0 unspecified atom stereocenters. The van der Waals surface area contributed by atoms with Crippen molar-refractivity contribution in [2.75, 3.05) is 0 Å². The van der Waals surface area contributed by atoms with E-state index >= 15 is 0 Å². The molecule has 0 aromatic rings. The van der Waals surface area contributed by atoms with Crippen LogP contribution in [0.4, 0.5) is 0 Å². The SMILES string of the molecule is CCC1CCC(S(=O)(=O)C(C)(C)C(=O)O)CC1. The normalized spacial score (nSPS) is 26.8. The van der Waals surface area contributed by atoms with Crippen molar-refractivity contribution in [2.45, 2.75) is 62.9 Å². The third-order valence-electron chi connectivity index (χ3n) is 4.04. The van der Waals surface area contributed by atoms with Gasteiger partial charge in [-0.3, -0.25) is 4.79 Å². The third-order valence-corrected chi connectivity index (χ3v) is 6.98. The summed E-state index contributed by atoms with van der Waals surface area (Å²) in [5, 5.41) is 8.55. The van der Waals surface area contributed by atoms with Crippen molar-refractivity contribution in [3.63, 3.8) is 0 Å². The van der Waals surface area contributed by atoms with Crippen molar-refractivity contribution in [3.8, 4) is 0 Å². The van der Waals surface area contributed by atoms with Gasteiger partial charge in [0.05, 0.1) is 5.25 Å². The van der Waals surface area contributed by atoms with Crippen molar-refractivity contribution in [1.29, 1.82) is 0 Å². The molecule has 0 radical (unpaired) electrons. The van der Waals surface area contributed by atoms with Crippen LogP contribution in [0.5, 0.6) is 0 Å². The van der Waals surface area contributed by atoms with Crippen LogP contribution in [0.3, 0.4) is 0 Å². The van der Waals surface area contributed by atoms with Crippen LogP contribution in [0, 0.1) is 5.92 Å². The summed E-state index contributed by atoms with van der Waals surface area (Å²) in [6, 6.07) is 0. The number of hydrogen-bond donors (Lipinski definition) is 1. The first-order valence-electron chi connectivity index (χ1n) is 6.20. The summed E-state index contributed by atoms with van der Waals surface area (Å²) in [5.74, 6) is -0.649. The lowest BCUT2D eigenvalue weighted by Gasteiger charge is -2.32. The van der Waals surface area contributed by atoms with Crippen LogP contribution in [-0.2, 0) is 14.6 Å². The lowest BCUT2D eigenvalue weighted by Crippen LogP contribution is -2.46. The molecule has 17 heavy (non-hydrogen) atoms. The van der Waals surface area contributed by atoms with Gasteiger partial charge in [-0.25, -0.2) is 8.42 Å². The van der Waals surface area contributed by atoms with Gasteiger partial charge in [0, 0.05) is 0 Å². The molecule has 1 saturated carbocycles. The maximum absolute atomic E-state index is 12.3. The molecular formula is C12H22O4S. The number of carbonyl (C=O) groups is 1. The van der Waals surface area contributed by atoms with Gasteiger partial charge < -0.3 is 5.11 Å². The molecule has 0 aromatic heterocycles. The van der Waals surface area contributed by atoms with E-state index < -0.39 is 25.8 Å². The van der Waals surface area contributed by atoms with E-state index in [9.17, 15) is 13.2 Å². The lowest BCUT2D eigenvalue weighted by atomic mass is 9.87. The molecule has 0 saturated heterocycles. The summed E-state index contributed by atoms with van der Waals surface area (Å²) >= 11 is 0. The average molecular weight is 262 g/mol. The molecule has 0 aliphatic heterocycles. The fourth-order valence-electron chi connectivity index (χ4n) is 2.39. The van der Waals surface area contributed by atoms with Gasteiger partial charge in [0.25, 0.3) is 0 Å². The molecule has 1 rings (SSSR count). The smallest absolute Gasteiger partial charge is 0.324 e. The van der Waals surface area contributed by atoms with Crippen LogP contribution < -0.4 is 0 Å². The molecule has 4 nitrogen and oxygen atoms in total. The molecule has 1 aliphatic rings. The van der Waals surface area contributed by atoms with Gasteiger partial charge in [0.15, 0.2) is 14.6 Å². The Morgan fingerprint density at radius 2 is 1.71 bits per heavy atom. The van der Waals surface area contributed by atoms with Crippen molar-refractivity contribution >= 4 is 15.8 Å². The van der Waals surface area contributed by atoms with Crippen molar-refractivity contribution in [2.24, 2.45) is 5.92 Å². The van der Waals surface area contributed by atoms with E-state index in [4.69, 9.17) is 5.11 Å². The molecule has 0 spiro atoms. The fraction of sp³-hybridized carbons (Fsp3) is 0.917. The Balaban J connectivity index is 2.84. The summed E-state index contributed by atoms with van der Waals surface area (Å²) < 4.78 is 22.9. The summed E-state index contributed by atoms with van der Waals surface area (Å²) in [5.41, 5.74) is 0. The average Bonchev–Trinajstić information content (AvgIpc) is 2.28. The first kappa shape index (κ1) is 14.5. The number of rotatable bonds is 4. The molecule has 100 valence electrons. The Labute approximate surface area is 103 Å². The predicted octanol–water partition coefficient (Wildman–Crippen LogP) is 2.23. The summed E-state index contributed by atoms with van der Waals surface area (Å²) in [7, 11) is -3.59. The summed E-state index contributed by atoms with van der Waals surface area (Å²) in [6.45, 7) is 4.69. The molecule has 0 amide bonds. The minimum absolute atomic E-state index is 0.476. The molecule has 0 aromatic carbocycles. The molecular weight excluding hydrogens is 240 g/mol. The maximum Gasteiger partial charge on any atom is 0.324 e. The van der Waals surface area contributed by atoms with Gasteiger partial charge in [-0.1, -0.05) is 13.3 Å². The van der Waals surface area contributed by atoms with E-state index in [1.165, 1.54) is 13.8 Å². The molecule has 5 heteroatoms. The van der Waals surface area contributed by atoms with E-state index in [0.29, 0.717) is 18.8 Å². The standard InChI is InChI=1S/C12H22O4S/c1-4-9-5-7-10(8-6-9)17(15,16)12(2,3)11(13)14/h9-10H,4-8H2,1-3H3,(H,13,14). The first-order chi connectivity index (χ1) is 7.73. The van der Waals surface area contributed by atoms with Crippen molar-refractivity contribution in [1.82, 2.24) is 0 Å². The zero-order chi connectivity index (χ0) is 13.3. The Hall–Kier alpha value is -0.580. The fourth-order valence-corrected chi connectivity index (χ4v) is 4.36. The monoisotopic (exact) mass is 262 g/mol. The van der Waals surface area contributed by atoms with E-state index in [0.717, 1.165) is 19.3 Å². The second kappa shape index (κ2) is 4.96. The quantitative estimate of drug-likeness (QED) is 0.843. The highest BCUT2D eigenvalue weighted by molar-refractivity contribution is 7.94. The highest BCUT2D eigenvalue weighted by Crippen LogP contribution is 2.34. The zero-order valence-corrected chi connectivity index (χ0v) is 11.6. The third kappa shape index (κ3) is 2.64. The predicted molar refractivity (Wildman–Crippen MR) is 66.7 cm³/mol. The second-order valence-corrected chi connectivity index (χ2v) is 8.19. The van der Waals surface area contributed by atoms with Gasteiger partial charge in [0.2, 0.25) is 0 Å². The molecule has 1 fully saturated rings. The molecule has 1 N–H and O–H groups in total. The highest BCUT2D eigenvalue weighted by atomic mass is 32.2. The summed E-state index contributed by atoms with van der Waals surface area (Å²) in [6.07, 6.45) is 4.09. The van der Waals surface area contributed by atoms with E-state index in [1.54, 1.807) is 0 Å². The van der Waals surface area contributed by atoms with Crippen LogP contribution in [-0.4, -0.2) is 29.5 Å².